The molecule has 122 valence electrons. The molecule has 1 aromatic carbocycles. The fraction of sp³-hybridized carbons (Fsp3) is 0.500. The topological polar surface area (TPSA) is 76.3 Å². The van der Waals surface area contributed by atoms with E-state index in [1.165, 1.54) is 13.4 Å². The molecule has 0 unspecified atom stereocenters. The maximum absolute atomic E-state index is 12.2. The molecule has 2 aromatic rings. The van der Waals surface area contributed by atoms with Gasteiger partial charge in [0.15, 0.2) is 0 Å². The minimum Gasteiger partial charge on any atom is -0.295 e. The summed E-state index contributed by atoms with van der Waals surface area (Å²) in [6, 6.07) is 5.07. The summed E-state index contributed by atoms with van der Waals surface area (Å²) in [7, 11) is 1.32. The van der Waals surface area contributed by atoms with Gasteiger partial charge >= 0.3 is 15.9 Å². The lowest BCUT2D eigenvalue weighted by Crippen LogP contribution is -2.33. The summed E-state index contributed by atoms with van der Waals surface area (Å²) in [6.07, 6.45) is 1.74. The molecule has 0 aliphatic heterocycles. The lowest BCUT2D eigenvalue weighted by molar-refractivity contribution is 0.463. The minimum absolute atomic E-state index is 0.143. The van der Waals surface area contributed by atoms with Crippen molar-refractivity contribution in [2.45, 2.75) is 19.8 Å². The van der Waals surface area contributed by atoms with Gasteiger partial charge in [0.25, 0.3) is 0 Å². The zero-order valence-electron chi connectivity index (χ0n) is 13.3. The monoisotopic (exact) mass is 326 g/mol. The number of nitrogens with one attached hydrogen (secondary N) is 1. The van der Waals surface area contributed by atoms with Gasteiger partial charge in [0.05, 0.1) is 16.7 Å². The van der Waals surface area contributed by atoms with E-state index in [1.807, 2.05) is 6.92 Å². The van der Waals surface area contributed by atoms with Gasteiger partial charge in [-0.15, -0.1) is 0 Å². The summed E-state index contributed by atoms with van der Waals surface area (Å²) in [5, 5.41) is 0. The van der Waals surface area contributed by atoms with Crippen LogP contribution in [-0.2, 0) is 24.3 Å². The van der Waals surface area contributed by atoms with Crippen LogP contribution in [0.4, 0.5) is 5.69 Å². The lowest BCUT2D eigenvalue weighted by atomic mass is 10.3. The second-order valence-corrected chi connectivity index (χ2v) is 7.16. The Morgan fingerprint density at radius 3 is 2.45 bits per heavy atom. The highest BCUT2D eigenvalue weighted by Gasteiger charge is 2.17. The number of nitrogens with zero attached hydrogens (tertiary/aromatic N) is 3. The molecule has 0 atom stereocenters. The van der Waals surface area contributed by atoms with Crippen molar-refractivity contribution >= 4 is 26.9 Å². The summed E-state index contributed by atoms with van der Waals surface area (Å²) in [4.78, 5) is 11.9. The van der Waals surface area contributed by atoms with Gasteiger partial charge in [-0.05, 0) is 24.6 Å². The second-order valence-electron chi connectivity index (χ2n) is 5.39. The molecular weight excluding hydrogens is 304 g/mol. The van der Waals surface area contributed by atoms with Crippen molar-refractivity contribution in [2.75, 3.05) is 18.3 Å². The summed E-state index contributed by atoms with van der Waals surface area (Å²) < 4.78 is 31.3. The van der Waals surface area contributed by atoms with Crippen LogP contribution in [0.25, 0.3) is 11.0 Å². The van der Waals surface area contributed by atoms with Gasteiger partial charge in [0.2, 0.25) is 0 Å². The van der Waals surface area contributed by atoms with Gasteiger partial charge in [0.1, 0.15) is 0 Å². The quantitative estimate of drug-likeness (QED) is 0.868. The molecule has 0 amide bonds. The van der Waals surface area contributed by atoms with Gasteiger partial charge in [-0.1, -0.05) is 13.3 Å². The SMILES string of the molecule is CCCCN(C)S(=O)(=O)Nc1ccc2c(c1)n(C)c(=O)n2C. The molecule has 0 aliphatic carbocycles. The first-order valence-corrected chi connectivity index (χ1v) is 8.61. The Balaban J connectivity index is 2.32. The second kappa shape index (κ2) is 6.13. The number of benzene rings is 1. The van der Waals surface area contributed by atoms with E-state index < -0.39 is 10.2 Å². The number of fused-ring (bicyclic) bond motifs is 1. The summed E-state index contributed by atoms with van der Waals surface area (Å²) in [5.41, 5.74) is 1.74. The van der Waals surface area contributed by atoms with E-state index in [0.717, 1.165) is 18.4 Å². The van der Waals surface area contributed by atoms with Gasteiger partial charge in [-0.3, -0.25) is 13.9 Å². The Hall–Kier alpha value is -1.80. The molecule has 1 N–H and O–H groups in total. The van der Waals surface area contributed by atoms with Crippen molar-refractivity contribution in [3.8, 4) is 0 Å². The molecule has 22 heavy (non-hydrogen) atoms. The molecule has 0 bridgehead atoms. The first-order chi connectivity index (χ1) is 10.3. The highest BCUT2D eigenvalue weighted by Crippen LogP contribution is 2.19. The summed E-state index contributed by atoms with van der Waals surface area (Å²) in [6.45, 7) is 2.48. The van der Waals surface area contributed by atoms with E-state index in [0.29, 0.717) is 17.7 Å². The largest absolute Gasteiger partial charge is 0.328 e. The maximum Gasteiger partial charge on any atom is 0.328 e. The van der Waals surface area contributed by atoms with Crippen LogP contribution in [0.2, 0.25) is 0 Å². The van der Waals surface area contributed by atoms with Gasteiger partial charge in [0, 0.05) is 27.7 Å². The fourth-order valence-corrected chi connectivity index (χ4v) is 3.25. The Morgan fingerprint density at radius 1 is 1.18 bits per heavy atom. The Morgan fingerprint density at radius 2 is 1.82 bits per heavy atom. The third kappa shape index (κ3) is 3.02. The Bertz CT molecular complexity index is 836. The first-order valence-electron chi connectivity index (χ1n) is 7.17. The standard InChI is InChI=1S/C14H22N4O3S/c1-5-6-9-16(2)22(20,21)15-11-7-8-12-13(10-11)18(4)14(19)17(12)3/h7-8,10,15H,5-6,9H2,1-4H3. The number of rotatable bonds is 6. The zero-order chi connectivity index (χ0) is 16.5. The van der Waals surface area contributed by atoms with E-state index in [1.54, 1.807) is 39.3 Å². The van der Waals surface area contributed by atoms with E-state index in [9.17, 15) is 13.2 Å². The molecule has 0 saturated heterocycles. The number of hydrogen-bond acceptors (Lipinski definition) is 3. The average Bonchev–Trinajstić information content (AvgIpc) is 2.69. The van der Waals surface area contributed by atoms with Crippen LogP contribution in [0, 0.1) is 0 Å². The molecule has 0 spiro atoms. The van der Waals surface area contributed by atoms with Crippen LogP contribution >= 0.6 is 0 Å². The zero-order valence-corrected chi connectivity index (χ0v) is 14.1. The number of imidazole rings is 1. The Labute approximate surface area is 130 Å². The first kappa shape index (κ1) is 16.6. The molecule has 0 radical (unpaired) electrons. The van der Waals surface area contributed by atoms with Crippen molar-refractivity contribution in [1.82, 2.24) is 13.4 Å². The van der Waals surface area contributed by atoms with Crippen molar-refractivity contribution in [3.05, 3.63) is 28.7 Å². The summed E-state index contributed by atoms with van der Waals surface area (Å²) >= 11 is 0. The van der Waals surface area contributed by atoms with E-state index in [2.05, 4.69) is 4.72 Å². The molecule has 1 heterocycles. The van der Waals surface area contributed by atoms with E-state index in [4.69, 9.17) is 0 Å². The molecule has 0 aliphatic rings. The normalized spacial score (nSPS) is 12.2. The molecular formula is C14H22N4O3S. The average molecular weight is 326 g/mol. The Kier molecular flexibility index (Phi) is 4.62. The molecule has 0 saturated carbocycles. The van der Waals surface area contributed by atoms with Crippen LogP contribution in [-0.4, -0.2) is 35.4 Å². The van der Waals surface area contributed by atoms with Gasteiger partial charge < -0.3 is 0 Å². The fourth-order valence-electron chi connectivity index (χ4n) is 2.30. The van der Waals surface area contributed by atoms with Gasteiger partial charge in [-0.25, -0.2) is 4.79 Å². The third-order valence-electron chi connectivity index (χ3n) is 3.76. The molecule has 1 aromatic heterocycles. The van der Waals surface area contributed by atoms with Crippen molar-refractivity contribution in [2.24, 2.45) is 14.1 Å². The van der Waals surface area contributed by atoms with Crippen LogP contribution in [0.1, 0.15) is 19.8 Å². The van der Waals surface area contributed by atoms with Crippen molar-refractivity contribution in [1.29, 1.82) is 0 Å². The van der Waals surface area contributed by atoms with E-state index >= 15 is 0 Å². The van der Waals surface area contributed by atoms with Crippen LogP contribution < -0.4 is 10.4 Å². The number of unbranched alkanes of at least 4 members (excludes halogenated alkanes) is 1. The number of anilines is 1. The molecule has 0 fully saturated rings. The van der Waals surface area contributed by atoms with Gasteiger partial charge in [-0.2, -0.15) is 12.7 Å². The third-order valence-corrected chi connectivity index (χ3v) is 5.25. The minimum atomic E-state index is -3.58. The van der Waals surface area contributed by atoms with Crippen molar-refractivity contribution < 1.29 is 8.42 Å². The number of aryl methyl sites for hydroxylation is 2. The van der Waals surface area contributed by atoms with E-state index in [-0.39, 0.29) is 5.69 Å². The van der Waals surface area contributed by atoms with Crippen molar-refractivity contribution in [3.63, 3.8) is 0 Å². The summed E-state index contributed by atoms with van der Waals surface area (Å²) in [5.74, 6) is 0. The predicted molar refractivity (Wildman–Crippen MR) is 88.2 cm³/mol. The molecule has 7 nitrogen and oxygen atoms in total. The lowest BCUT2D eigenvalue weighted by Gasteiger charge is -2.18. The van der Waals surface area contributed by atoms with Crippen LogP contribution in [0.5, 0.6) is 0 Å². The highest BCUT2D eigenvalue weighted by molar-refractivity contribution is 7.90. The number of aromatic nitrogens is 2. The number of hydrogen-bond donors (Lipinski definition) is 1. The smallest absolute Gasteiger partial charge is 0.295 e. The maximum atomic E-state index is 12.2. The van der Waals surface area contributed by atoms with Crippen LogP contribution in [0.3, 0.4) is 0 Å². The molecule has 8 heteroatoms. The molecule has 2 rings (SSSR count). The predicted octanol–water partition coefficient (Wildman–Crippen LogP) is 1.27. The van der Waals surface area contributed by atoms with Crippen LogP contribution in [0.15, 0.2) is 23.0 Å². The highest BCUT2D eigenvalue weighted by atomic mass is 32.2.